The zero-order valence-electron chi connectivity index (χ0n) is 11.7. The van der Waals surface area contributed by atoms with Crippen LogP contribution in [-0.2, 0) is 9.53 Å². The highest BCUT2D eigenvalue weighted by Crippen LogP contribution is 2.30. The SMILES string of the molecule is CC1OCCC1N(C)C(=O)CC1(N)CCCCC1. The zero-order chi connectivity index (χ0) is 13.2. The summed E-state index contributed by atoms with van der Waals surface area (Å²) in [6.45, 7) is 2.80. The van der Waals surface area contributed by atoms with Gasteiger partial charge in [0.25, 0.3) is 0 Å². The van der Waals surface area contributed by atoms with Crippen LogP contribution in [0.25, 0.3) is 0 Å². The van der Waals surface area contributed by atoms with Crippen LogP contribution in [0.3, 0.4) is 0 Å². The van der Waals surface area contributed by atoms with Gasteiger partial charge in [0.1, 0.15) is 0 Å². The van der Waals surface area contributed by atoms with E-state index in [0.29, 0.717) is 6.42 Å². The predicted molar refractivity (Wildman–Crippen MR) is 71.2 cm³/mol. The molecule has 0 aromatic rings. The van der Waals surface area contributed by atoms with E-state index in [-0.39, 0.29) is 23.6 Å². The Kier molecular flexibility index (Phi) is 4.28. The first-order valence-electron chi connectivity index (χ1n) is 7.18. The van der Waals surface area contributed by atoms with Crippen molar-refractivity contribution in [2.75, 3.05) is 13.7 Å². The molecule has 18 heavy (non-hydrogen) atoms. The Balaban J connectivity index is 1.90. The van der Waals surface area contributed by atoms with Crippen LogP contribution in [0, 0.1) is 0 Å². The topological polar surface area (TPSA) is 55.6 Å². The molecular weight excluding hydrogens is 228 g/mol. The molecule has 104 valence electrons. The average Bonchev–Trinajstić information content (AvgIpc) is 2.74. The molecule has 2 rings (SSSR count). The molecule has 2 N–H and O–H groups in total. The highest BCUT2D eigenvalue weighted by atomic mass is 16.5. The Morgan fingerprint density at radius 1 is 1.39 bits per heavy atom. The Hall–Kier alpha value is -0.610. The molecule has 0 spiro atoms. The van der Waals surface area contributed by atoms with Gasteiger partial charge in [0.15, 0.2) is 0 Å². The molecular formula is C14H26N2O2. The lowest BCUT2D eigenvalue weighted by molar-refractivity contribution is -0.134. The fraction of sp³-hybridized carbons (Fsp3) is 0.929. The number of likely N-dealkylation sites (N-methyl/N-ethyl adjacent to an activating group) is 1. The summed E-state index contributed by atoms with van der Waals surface area (Å²) < 4.78 is 5.53. The quantitative estimate of drug-likeness (QED) is 0.833. The van der Waals surface area contributed by atoms with E-state index in [2.05, 4.69) is 0 Å². The van der Waals surface area contributed by atoms with Crippen LogP contribution in [0.15, 0.2) is 0 Å². The van der Waals surface area contributed by atoms with Crippen LogP contribution in [-0.4, -0.2) is 42.1 Å². The predicted octanol–water partition coefficient (Wildman–Crippen LogP) is 1.67. The normalized spacial score (nSPS) is 31.3. The molecule has 0 bridgehead atoms. The van der Waals surface area contributed by atoms with Crippen LogP contribution in [0.1, 0.15) is 51.9 Å². The molecule has 0 radical (unpaired) electrons. The number of nitrogens with two attached hydrogens (primary N) is 1. The summed E-state index contributed by atoms with van der Waals surface area (Å²) in [5.74, 6) is 0.182. The van der Waals surface area contributed by atoms with Crippen LogP contribution in [0.4, 0.5) is 0 Å². The van der Waals surface area contributed by atoms with Gasteiger partial charge in [-0.25, -0.2) is 0 Å². The van der Waals surface area contributed by atoms with Gasteiger partial charge >= 0.3 is 0 Å². The Morgan fingerprint density at radius 2 is 2.06 bits per heavy atom. The summed E-state index contributed by atoms with van der Waals surface area (Å²) in [7, 11) is 1.89. The third-order valence-corrected chi connectivity index (χ3v) is 4.58. The van der Waals surface area contributed by atoms with Gasteiger partial charge in [-0.05, 0) is 26.2 Å². The van der Waals surface area contributed by atoms with Crippen molar-refractivity contribution < 1.29 is 9.53 Å². The molecule has 2 atom stereocenters. The van der Waals surface area contributed by atoms with E-state index in [1.807, 2.05) is 18.9 Å². The van der Waals surface area contributed by atoms with E-state index in [4.69, 9.17) is 10.5 Å². The second-order valence-corrected chi connectivity index (χ2v) is 6.04. The minimum atomic E-state index is -0.258. The standard InChI is InChI=1S/C14H26N2O2/c1-11-12(6-9-18-11)16(2)13(17)10-14(15)7-4-3-5-8-14/h11-12H,3-10,15H2,1-2H3. The molecule has 2 fully saturated rings. The summed E-state index contributed by atoms with van der Waals surface area (Å²) >= 11 is 0. The van der Waals surface area contributed by atoms with E-state index < -0.39 is 0 Å². The smallest absolute Gasteiger partial charge is 0.224 e. The Bertz CT molecular complexity index is 300. The van der Waals surface area contributed by atoms with Crippen molar-refractivity contribution in [1.29, 1.82) is 0 Å². The van der Waals surface area contributed by atoms with E-state index in [1.54, 1.807) is 0 Å². The van der Waals surface area contributed by atoms with Crippen molar-refractivity contribution in [2.45, 2.75) is 69.6 Å². The molecule has 1 aliphatic heterocycles. The second kappa shape index (κ2) is 5.57. The molecule has 0 aromatic carbocycles. The third-order valence-electron chi connectivity index (χ3n) is 4.58. The summed E-state index contributed by atoms with van der Waals surface area (Å²) in [4.78, 5) is 14.2. The van der Waals surface area contributed by atoms with Crippen molar-refractivity contribution in [3.63, 3.8) is 0 Å². The van der Waals surface area contributed by atoms with Gasteiger partial charge in [-0.1, -0.05) is 19.3 Å². The van der Waals surface area contributed by atoms with E-state index in [0.717, 1.165) is 38.7 Å². The molecule has 1 saturated carbocycles. The Morgan fingerprint density at radius 3 is 2.61 bits per heavy atom. The highest BCUT2D eigenvalue weighted by molar-refractivity contribution is 5.77. The molecule has 2 unspecified atom stereocenters. The largest absolute Gasteiger partial charge is 0.376 e. The van der Waals surface area contributed by atoms with Gasteiger partial charge in [-0.15, -0.1) is 0 Å². The molecule has 1 heterocycles. The fourth-order valence-electron chi connectivity index (χ4n) is 3.27. The minimum absolute atomic E-state index is 0.152. The lowest BCUT2D eigenvalue weighted by atomic mass is 9.80. The van der Waals surface area contributed by atoms with Gasteiger partial charge in [-0.2, -0.15) is 0 Å². The fourth-order valence-corrected chi connectivity index (χ4v) is 3.27. The van der Waals surface area contributed by atoms with E-state index in [9.17, 15) is 4.79 Å². The first kappa shape index (κ1) is 13.8. The molecule has 4 heteroatoms. The van der Waals surface area contributed by atoms with Gasteiger partial charge in [0.05, 0.1) is 12.1 Å². The van der Waals surface area contributed by atoms with Crippen molar-refractivity contribution >= 4 is 5.91 Å². The number of hydrogen-bond donors (Lipinski definition) is 1. The van der Waals surface area contributed by atoms with Crippen LogP contribution < -0.4 is 5.73 Å². The molecule has 2 aliphatic rings. The summed E-state index contributed by atoms with van der Waals surface area (Å²) in [5.41, 5.74) is 6.09. The number of nitrogens with zero attached hydrogens (tertiary/aromatic N) is 1. The summed E-state index contributed by atoms with van der Waals surface area (Å²) in [6, 6.07) is 0.227. The van der Waals surface area contributed by atoms with Crippen molar-refractivity contribution in [3.05, 3.63) is 0 Å². The molecule has 1 saturated heterocycles. The number of hydrogen-bond acceptors (Lipinski definition) is 3. The third kappa shape index (κ3) is 3.04. The Labute approximate surface area is 110 Å². The maximum Gasteiger partial charge on any atom is 0.224 e. The number of rotatable bonds is 3. The molecule has 0 aromatic heterocycles. The lowest BCUT2D eigenvalue weighted by Crippen LogP contribution is -2.49. The maximum absolute atomic E-state index is 12.3. The number of amides is 1. The van der Waals surface area contributed by atoms with Crippen molar-refractivity contribution in [3.8, 4) is 0 Å². The number of ether oxygens (including phenoxy) is 1. The average molecular weight is 254 g/mol. The summed E-state index contributed by atoms with van der Waals surface area (Å²) in [6.07, 6.45) is 7.16. The lowest BCUT2D eigenvalue weighted by Gasteiger charge is -2.35. The second-order valence-electron chi connectivity index (χ2n) is 6.04. The van der Waals surface area contributed by atoms with Gasteiger partial charge in [0, 0.05) is 25.6 Å². The van der Waals surface area contributed by atoms with Gasteiger partial charge in [-0.3, -0.25) is 4.79 Å². The first-order valence-corrected chi connectivity index (χ1v) is 7.18. The highest BCUT2D eigenvalue weighted by Gasteiger charge is 2.35. The van der Waals surface area contributed by atoms with E-state index in [1.165, 1.54) is 6.42 Å². The van der Waals surface area contributed by atoms with Crippen LogP contribution in [0.2, 0.25) is 0 Å². The van der Waals surface area contributed by atoms with Gasteiger partial charge < -0.3 is 15.4 Å². The molecule has 1 aliphatic carbocycles. The van der Waals surface area contributed by atoms with E-state index >= 15 is 0 Å². The van der Waals surface area contributed by atoms with Crippen LogP contribution in [0.5, 0.6) is 0 Å². The first-order chi connectivity index (χ1) is 8.52. The monoisotopic (exact) mass is 254 g/mol. The minimum Gasteiger partial charge on any atom is -0.376 e. The molecule has 1 amide bonds. The molecule has 4 nitrogen and oxygen atoms in total. The maximum atomic E-state index is 12.3. The van der Waals surface area contributed by atoms with Crippen molar-refractivity contribution in [1.82, 2.24) is 4.90 Å². The summed E-state index contributed by atoms with van der Waals surface area (Å²) in [5, 5.41) is 0. The number of carbonyl (C=O) groups excluding carboxylic acids is 1. The van der Waals surface area contributed by atoms with Crippen molar-refractivity contribution in [2.24, 2.45) is 5.73 Å². The zero-order valence-corrected chi connectivity index (χ0v) is 11.7. The number of carbonyl (C=O) groups is 1. The van der Waals surface area contributed by atoms with Crippen LogP contribution >= 0.6 is 0 Å². The van der Waals surface area contributed by atoms with Gasteiger partial charge in [0.2, 0.25) is 5.91 Å².